The Hall–Kier alpha value is -2.37. The Morgan fingerprint density at radius 2 is 1.60 bits per heavy atom. The van der Waals surface area contributed by atoms with Gasteiger partial charge < -0.3 is 13.9 Å². The third kappa shape index (κ3) is 5.61. The van der Waals surface area contributed by atoms with E-state index in [-0.39, 0.29) is 5.04 Å². The van der Waals surface area contributed by atoms with Gasteiger partial charge in [-0.2, -0.15) is 0 Å². The van der Waals surface area contributed by atoms with Crippen molar-refractivity contribution in [3.8, 4) is 11.5 Å². The fraction of sp³-hybridized carbons (Fsp3) is 0.400. The molecule has 0 atom stereocenters. The van der Waals surface area contributed by atoms with Gasteiger partial charge in [0, 0.05) is 18.2 Å². The molecule has 0 spiro atoms. The maximum atomic E-state index is 6.32. The first-order valence-electron chi connectivity index (χ1n) is 10.5. The number of hydrogen-bond acceptors (Lipinski definition) is 4. The largest absolute Gasteiger partial charge is 0.497 e. The molecule has 3 rings (SSSR count). The second-order valence-corrected chi connectivity index (χ2v) is 14.0. The monoisotopic (exact) mass is 423 g/mol. The number of hydrogen-bond donors (Lipinski definition) is 0. The lowest BCUT2D eigenvalue weighted by molar-refractivity contribution is 0.292. The van der Waals surface area contributed by atoms with Crippen molar-refractivity contribution in [1.82, 2.24) is 4.98 Å². The standard InChI is InChI=1S/C25H33NO3Si/c1-25(2,3)30(5,6)29-14-13-20-15-21-16-23(11-12-24(21)26-17-20)28-18-19-7-9-22(27-4)10-8-19/h7-12,15-17H,13-14,18H2,1-6H3. The summed E-state index contributed by atoms with van der Waals surface area (Å²) < 4.78 is 17.5. The lowest BCUT2D eigenvalue weighted by Crippen LogP contribution is -2.41. The number of benzene rings is 2. The second kappa shape index (κ2) is 9.19. The Bertz CT molecular complexity index is 978. The molecule has 0 amide bonds. The first-order valence-corrected chi connectivity index (χ1v) is 13.4. The molecule has 0 aliphatic heterocycles. The van der Waals surface area contributed by atoms with Crippen LogP contribution in [0.15, 0.2) is 54.7 Å². The summed E-state index contributed by atoms with van der Waals surface area (Å²) in [7, 11) is -0.0497. The van der Waals surface area contributed by atoms with Crippen LogP contribution in [0, 0.1) is 0 Å². The molecule has 30 heavy (non-hydrogen) atoms. The summed E-state index contributed by atoms with van der Waals surface area (Å²) in [5.41, 5.74) is 3.26. The molecule has 3 aromatic rings. The molecule has 0 aliphatic carbocycles. The van der Waals surface area contributed by atoms with E-state index in [1.165, 1.54) is 5.56 Å². The summed E-state index contributed by atoms with van der Waals surface area (Å²) in [6.07, 6.45) is 2.82. The minimum Gasteiger partial charge on any atom is -0.497 e. The van der Waals surface area contributed by atoms with Crippen LogP contribution in [0.4, 0.5) is 0 Å². The zero-order chi connectivity index (χ0) is 21.8. The highest BCUT2D eigenvalue weighted by atomic mass is 28.4. The van der Waals surface area contributed by atoms with Gasteiger partial charge in [0.05, 0.1) is 12.6 Å². The van der Waals surface area contributed by atoms with E-state index in [1.807, 2.05) is 42.6 Å². The molecular weight excluding hydrogens is 390 g/mol. The predicted molar refractivity (Wildman–Crippen MR) is 126 cm³/mol. The number of rotatable bonds is 8. The zero-order valence-corrected chi connectivity index (χ0v) is 20.0. The number of methoxy groups -OCH3 is 1. The molecular formula is C25H33NO3Si. The summed E-state index contributed by atoms with van der Waals surface area (Å²) in [6.45, 7) is 12.6. The van der Waals surface area contributed by atoms with Gasteiger partial charge >= 0.3 is 0 Å². The Morgan fingerprint density at radius 1 is 0.900 bits per heavy atom. The molecule has 0 saturated heterocycles. The van der Waals surface area contributed by atoms with E-state index in [4.69, 9.17) is 13.9 Å². The van der Waals surface area contributed by atoms with E-state index in [9.17, 15) is 0 Å². The molecule has 4 nitrogen and oxygen atoms in total. The minimum absolute atomic E-state index is 0.227. The van der Waals surface area contributed by atoms with E-state index in [2.05, 4.69) is 51.0 Å². The Labute approximate surface area is 181 Å². The van der Waals surface area contributed by atoms with Crippen LogP contribution >= 0.6 is 0 Å². The first-order chi connectivity index (χ1) is 14.2. The molecule has 160 valence electrons. The van der Waals surface area contributed by atoms with Crippen molar-refractivity contribution in [3.05, 3.63) is 65.9 Å². The Morgan fingerprint density at radius 3 is 2.27 bits per heavy atom. The molecule has 0 unspecified atom stereocenters. The molecule has 5 heteroatoms. The van der Waals surface area contributed by atoms with Crippen LogP contribution in [0.3, 0.4) is 0 Å². The number of pyridine rings is 1. The van der Waals surface area contributed by atoms with Crippen LogP contribution in [0.5, 0.6) is 11.5 Å². The number of fused-ring (bicyclic) bond motifs is 1. The van der Waals surface area contributed by atoms with Gasteiger partial charge in [0.25, 0.3) is 0 Å². The highest BCUT2D eigenvalue weighted by Crippen LogP contribution is 2.36. The highest BCUT2D eigenvalue weighted by Gasteiger charge is 2.36. The van der Waals surface area contributed by atoms with Crippen molar-refractivity contribution < 1.29 is 13.9 Å². The molecule has 0 N–H and O–H groups in total. The first kappa shape index (κ1) is 22.3. The van der Waals surface area contributed by atoms with E-state index in [1.54, 1.807) is 7.11 Å². The normalized spacial score (nSPS) is 12.2. The summed E-state index contributed by atoms with van der Waals surface area (Å²) in [5.74, 6) is 1.69. The van der Waals surface area contributed by atoms with Crippen molar-refractivity contribution in [3.63, 3.8) is 0 Å². The molecule has 1 aromatic heterocycles. The topological polar surface area (TPSA) is 40.6 Å². The van der Waals surface area contributed by atoms with Gasteiger partial charge in [-0.15, -0.1) is 0 Å². The molecule has 2 aromatic carbocycles. The summed E-state index contributed by atoms with van der Waals surface area (Å²) in [4.78, 5) is 4.61. The van der Waals surface area contributed by atoms with Gasteiger partial charge in [0.1, 0.15) is 18.1 Å². The lowest BCUT2D eigenvalue weighted by Gasteiger charge is -2.36. The number of nitrogens with zero attached hydrogens (tertiary/aromatic N) is 1. The van der Waals surface area contributed by atoms with Crippen LogP contribution in [0.25, 0.3) is 10.9 Å². The van der Waals surface area contributed by atoms with E-state index < -0.39 is 8.32 Å². The van der Waals surface area contributed by atoms with Gasteiger partial charge in [-0.3, -0.25) is 4.98 Å². The van der Waals surface area contributed by atoms with Crippen LogP contribution in [0.2, 0.25) is 18.1 Å². The summed E-state index contributed by atoms with van der Waals surface area (Å²) >= 11 is 0. The molecule has 0 bridgehead atoms. The lowest BCUT2D eigenvalue weighted by atomic mass is 10.1. The number of ether oxygens (including phenoxy) is 2. The third-order valence-corrected chi connectivity index (χ3v) is 10.5. The average Bonchev–Trinajstić information content (AvgIpc) is 2.71. The highest BCUT2D eigenvalue weighted by molar-refractivity contribution is 6.74. The maximum absolute atomic E-state index is 6.32. The Kier molecular flexibility index (Phi) is 6.83. The van der Waals surface area contributed by atoms with Crippen molar-refractivity contribution in [2.24, 2.45) is 0 Å². The van der Waals surface area contributed by atoms with E-state index in [0.717, 1.165) is 41.0 Å². The fourth-order valence-corrected chi connectivity index (χ4v) is 3.96. The summed E-state index contributed by atoms with van der Waals surface area (Å²) in [6, 6.07) is 16.2. The fourth-order valence-electron chi connectivity index (χ4n) is 2.91. The quantitative estimate of drug-likeness (QED) is 0.394. The van der Waals surface area contributed by atoms with Crippen molar-refractivity contribution >= 4 is 19.2 Å². The van der Waals surface area contributed by atoms with Gasteiger partial charge in [-0.05, 0) is 72.1 Å². The molecule has 0 aliphatic rings. The second-order valence-electron chi connectivity index (χ2n) is 9.19. The predicted octanol–water partition coefficient (Wildman–Crippen LogP) is 6.39. The molecule has 0 radical (unpaired) electrons. The Balaban J connectivity index is 1.63. The summed E-state index contributed by atoms with van der Waals surface area (Å²) in [5, 5.41) is 1.32. The molecule has 1 heterocycles. The van der Waals surface area contributed by atoms with Gasteiger partial charge in [0.15, 0.2) is 8.32 Å². The van der Waals surface area contributed by atoms with Crippen molar-refractivity contribution in [1.29, 1.82) is 0 Å². The van der Waals surface area contributed by atoms with Crippen LogP contribution < -0.4 is 9.47 Å². The third-order valence-electron chi connectivity index (χ3n) is 5.93. The van der Waals surface area contributed by atoms with Crippen LogP contribution in [-0.2, 0) is 17.5 Å². The smallest absolute Gasteiger partial charge is 0.191 e. The van der Waals surface area contributed by atoms with E-state index in [0.29, 0.717) is 6.61 Å². The van der Waals surface area contributed by atoms with Gasteiger partial charge in [-0.25, -0.2) is 0 Å². The number of aromatic nitrogens is 1. The maximum Gasteiger partial charge on any atom is 0.191 e. The van der Waals surface area contributed by atoms with Crippen LogP contribution in [0.1, 0.15) is 31.9 Å². The van der Waals surface area contributed by atoms with E-state index >= 15 is 0 Å². The van der Waals surface area contributed by atoms with Gasteiger partial charge in [0.2, 0.25) is 0 Å². The molecule has 0 fully saturated rings. The zero-order valence-electron chi connectivity index (χ0n) is 19.0. The van der Waals surface area contributed by atoms with Crippen molar-refractivity contribution in [2.75, 3.05) is 13.7 Å². The van der Waals surface area contributed by atoms with Crippen LogP contribution in [-0.4, -0.2) is 27.0 Å². The van der Waals surface area contributed by atoms with Gasteiger partial charge in [-0.1, -0.05) is 32.9 Å². The van der Waals surface area contributed by atoms with Crippen molar-refractivity contribution in [2.45, 2.75) is 51.9 Å². The molecule has 0 saturated carbocycles. The minimum atomic E-state index is -1.72. The SMILES string of the molecule is COc1ccc(COc2ccc3ncc(CCO[Si](C)(C)C(C)(C)C)cc3c2)cc1. The average molecular weight is 424 g/mol.